The number of aromatic nitrogens is 1. The third-order valence-corrected chi connectivity index (χ3v) is 2.66. The van der Waals surface area contributed by atoms with Gasteiger partial charge in [-0.05, 0) is 19.1 Å². The fourth-order valence-corrected chi connectivity index (χ4v) is 1.60. The third kappa shape index (κ3) is 2.74. The van der Waals surface area contributed by atoms with E-state index in [2.05, 4.69) is 4.98 Å². The molecule has 7 heteroatoms. The van der Waals surface area contributed by atoms with Gasteiger partial charge in [-0.1, -0.05) is 17.7 Å². The van der Waals surface area contributed by atoms with E-state index in [4.69, 9.17) is 16.3 Å². The molecule has 0 unspecified atom stereocenters. The molecule has 0 aliphatic heterocycles. The van der Waals surface area contributed by atoms with Crippen molar-refractivity contribution in [2.45, 2.75) is 6.92 Å². The first kappa shape index (κ1) is 13.1. The molecular weight excluding hydrogens is 272 g/mol. The minimum atomic E-state index is -0.633. The molecule has 2 rings (SSSR count). The van der Waals surface area contributed by atoms with Crippen molar-refractivity contribution >= 4 is 17.3 Å². The summed E-state index contributed by atoms with van der Waals surface area (Å²) in [6.45, 7) is 1.63. The van der Waals surface area contributed by atoms with Gasteiger partial charge in [-0.3, -0.25) is 10.1 Å². The molecule has 1 aromatic heterocycles. The van der Waals surface area contributed by atoms with Gasteiger partial charge in [0.2, 0.25) is 0 Å². The normalized spacial score (nSPS) is 10.2. The van der Waals surface area contributed by atoms with Gasteiger partial charge in [-0.2, -0.15) is 0 Å². The summed E-state index contributed by atoms with van der Waals surface area (Å²) in [6, 6.07) is 5.79. The van der Waals surface area contributed by atoms with E-state index >= 15 is 0 Å². The van der Waals surface area contributed by atoms with Crippen LogP contribution in [0.3, 0.4) is 0 Å². The topological polar surface area (TPSA) is 85.5 Å². The number of rotatable bonds is 3. The molecule has 6 nitrogen and oxygen atoms in total. The molecule has 98 valence electrons. The fourth-order valence-electron chi connectivity index (χ4n) is 1.44. The van der Waals surface area contributed by atoms with Crippen LogP contribution in [0.1, 0.15) is 5.56 Å². The first-order valence-electron chi connectivity index (χ1n) is 5.25. The maximum absolute atomic E-state index is 10.9. The zero-order valence-corrected chi connectivity index (χ0v) is 10.6. The van der Waals surface area contributed by atoms with E-state index in [1.807, 2.05) is 0 Å². The van der Waals surface area contributed by atoms with Gasteiger partial charge in [0, 0.05) is 11.6 Å². The SMILES string of the molecule is Cc1c(O)cccc1Oc1ncc(Cl)cc1[N+](=O)[O-]. The molecule has 0 bridgehead atoms. The van der Waals surface area contributed by atoms with Crippen molar-refractivity contribution in [1.82, 2.24) is 4.98 Å². The van der Waals surface area contributed by atoms with Gasteiger partial charge in [-0.25, -0.2) is 4.98 Å². The molecule has 2 aromatic rings. The molecule has 19 heavy (non-hydrogen) atoms. The van der Waals surface area contributed by atoms with Crippen LogP contribution >= 0.6 is 11.6 Å². The smallest absolute Gasteiger partial charge is 0.332 e. The Kier molecular flexibility index (Phi) is 3.52. The molecule has 1 aromatic carbocycles. The number of pyridine rings is 1. The van der Waals surface area contributed by atoms with Gasteiger partial charge in [0.15, 0.2) is 0 Å². The van der Waals surface area contributed by atoms with Crippen molar-refractivity contribution in [2.75, 3.05) is 0 Å². The van der Waals surface area contributed by atoms with Gasteiger partial charge in [-0.15, -0.1) is 0 Å². The number of phenols is 1. The van der Waals surface area contributed by atoms with Crippen LogP contribution in [0.25, 0.3) is 0 Å². The van der Waals surface area contributed by atoms with Crippen LogP contribution in [0.15, 0.2) is 30.5 Å². The molecule has 0 aliphatic rings. The van der Waals surface area contributed by atoms with Crippen molar-refractivity contribution in [3.63, 3.8) is 0 Å². The van der Waals surface area contributed by atoms with Gasteiger partial charge in [0.1, 0.15) is 11.5 Å². The highest BCUT2D eigenvalue weighted by atomic mass is 35.5. The number of benzene rings is 1. The molecular formula is C12H9ClN2O4. The molecule has 0 radical (unpaired) electrons. The van der Waals surface area contributed by atoms with E-state index in [0.717, 1.165) is 6.07 Å². The lowest BCUT2D eigenvalue weighted by Crippen LogP contribution is -1.97. The average Bonchev–Trinajstić information content (AvgIpc) is 2.36. The van der Waals surface area contributed by atoms with E-state index in [-0.39, 0.29) is 28.1 Å². The van der Waals surface area contributed by atoms with Crippen molar-refractivity contribution in [2.24, 2.45) is 0 Å². The fraction of sp³-hybridized carbons (Fsp3) is 0.0833. The van der Waals surface area contributed by atoms with Gasteiger partial charge >= 0.3 is 5.69 Å². The summed E-state index contributed by atoms with van der Waals surface area (Å²) in [5, 5.41) is 20.6. The van der Waals surface area contributed by atoms with Crippen molar-refractivity contribution in [3.8, 4) is 17.4 Å². The average molecular weight is 281 g/mol. The summed E-state index contributed by atoms with van der Waals surface area (Å²) in [4.78, 5) is 14.0. The predicted octanol–water partition coefficient (Wildman–Crippen LogP) is 3.45. The van der Waals surface area contributed by atoms with Crippen LogP contribution in [0.4, 0.5) is 5.69 Å². The van der Waals surface area contributed by atoms with Crippen LogP contribution in [0.2, 0.25) is 5.02 Å². The minimum absolute atomic E-state index is 0.0362. The standard InChI is InChI=1S/C12H9ClN2O4/c1-7-10(16)3-2-4-11(7)19-12-9(15(17)18)5-8(13)6-14-12/h2-6,16H,1H3. The number of phenolic OH excluding ortho intramolecular Hbond substituents is 1. The number of halogens is 1. The molecule has 0 aliphatic carbocycles. The number of hydrogen-bond donors (Lipinski definition) is 1. The van der Waals surface area contributed by atoms with Crippen molar-refractivity contribution < 1.29 is 14.8 Å². The molecule has 1 heterocycles. The van der Waals surface area contributed by atoms with Crippen LogP contribution < -0.4 is 4.74 Å². The summed E-state index contributed by atoms with van der Waals surface area (Å²) in [5.41, 5.74) is 0.129. The summed E-state index contributed by atoms with van der Waals surface area (Å²) >= 11 is 5.66. The van der Waals surface area contributed by atoms with Crippen molar-refractivity contribution in [1.29, 1.82) is 0 Å². The second-order valence-electron chi connectivity index (χ2n) is 3.74. The highest BCUT2D eigenvalue weighted by Crippen LogP contribution is 2.34. The van der Waals surface area contributed by atoms with Gasteiger partial charge in [0.25, 0.3) is 5.88 Å². The Balaban J connectivity index is 2.44. The number of ether oxygens (including phenoxy) is 1. The molecule has 0 amide bonds. The largest absolute Gasteiger partial charge is 0.508 e. The first-order chi connectivity index (χ1) is 8.99. The molecule has 0 spiro atoms. The van der Waals surface area contributed by atoms with Crippen LogP contribution in [0.5, 0.6) is 17.4 Å². The van der Waals surface area contributed by atoms with Crippen LogP contribution in [0, 0.1) is 17.0 Å². The highest BCUT2D eigenvalue weighted by Gasteiger charge is 2.19. The lowest BCUT2D eigenvalue weighted by Gasteiger charge is -2.08. The maximum atomic E-state index is 10.9. The number of aromatic hydroxyl groups is 1. The Labute approximate surface area is 113 Å². The van der Waals surface area contributed by atoms with E-state index in [1.54, 1.807) is 19.1 Å². The lowest BCUT2D eigenvalue weighted by molar-refractivity contribution is -0.386. The van der Waals surface area contributed by atoms with E-state index in [1.165, 1.54) is 12.3 Å². The zero-order chi connectivity index (χ0) is 14.0. The van der Waals surface area contributed by atoms with Gasteiger partial charge < -0.3 is 9.84 Å². The van der Waals surface area contributed by atoms with Crippen LogP contribution in [-0.4, -0.2) is 15.0 Å². The quantitative estimate of drug-likeness (QED) is 0.687. The third-order valence-electron chi connectivity index (χ3n) is 2.46. The zero-order valence-electron chi connectivity index (χ0n) is 9.83. The molecule has 0 fully saturated rings. The summed E-state index contributed by atoms with van der Waals surface area (Å²) in [6.07, 6.45) is 1.25. The number of nitro groups is 1. The van der Waals surface area contributed by atoms with Crippen molar-refractivity contribution in [3.05, 3.63) is 51.2 Å². The summed E-state index contributed by atoms with van der Waals surface area (Å²) < 4.78 is 5.37. The summed E-state index contributed by atoms with van der Waals surface area (Å²) in [7, 11) is 0. The molecule has 0 saturated carbocycles. The highest BCUT2D eigenvalue weighted by molar-refractivity contribution is 6.30. The Morgan fingerprint density at radius 1 is 1.47 bits per heavy atom. The Morgan fingerprint density at radius 3 is 2.89 bits per heavy atom. The lowest BCUT2D eigenvalue weighted by atomic mass is 10.2. The Hall–Kier alpha value is -2.34. The number of hydrogen-bond acceptors (Lipinski definition) is 5. The van der Waals surface area contributed by atoms with Crippen LogP contribution in [-0.2, 0) is 0 Å². The van der Waals surface area contributed by atoms with Gasteiger partial charge in [0.05, 0.1) is 16.1 Å². The summed E-state index contributed by atoms with van der Waals surface area (Å²) in [5.74, 6) is 0.148. The number of nitrogens with zero attached hydrogens (tertiary/aromatic N) is 2. The predicted molar refractivity (Wildman–Crippen MR) is 68.8 cm³/mol. The second kappa shape index (κ2) is 5.11. The maximum Gasteiger partial charge on any atom is 0.332 e. The first-order valence-corrected chi connectivity index (χ1v) is 5.63. The minimum Gasteiger partial charge on any atom is -0.508 e. The molecule has 0 saturated heterocycles. The van der Waals surface area contributed by atoms with E-state index < -0.39 is 4.92 Å². The van der Waals surface area contributed by atoms with E-state index in [9.17, 15) is 15.2 Å². The monoisotopic (exact) mass is 280 g/mol. The second-order valence-corrected chi connectivity index (χ2v) is 4.17. The molecule has 1 N–H and O–H groups in total. The van der Waals surface area contributed by atoms with E-state index in [0.29, 0.717) is 5.56 Å². The Bertz CT molecular complexity index is 646. The Morgan fingerprint density at radius 2 is 2.21 bits per heavy atom. The molecule has 0 atom stereocenters.